The molecule has 1 amide bonds. The van der Waals surface area contributed by atoms with E-state index in [2.05, 4.69) is 10.3 Å². The molecule has 15 heteroatoms. The SMILES string of the molecule is Cc1cc(C2=NCC(c3cc(C(F)(F)F)cc(C(F)(F)F)c3)(C(F)(F)F)C2)ccc1C(=O)NC1CS(=O)(=O)C1. The van der Waals surface area contributed by atoms with E-state index in [9.17, 15) is 52.7 Å². The van der Waals surface area contributed by atoms with Gasteiger partial charge >= 0.3 is 18.5 Å². The molecule has 1 saturated heterocycles. The number of aliphatic imine (C=N–C) groups is 1. The number of alkyl halides is 9. The van der Waals surface area contributed by atoms with Crippen LogP contribution in [-0.4, -0.2) is 50.3 Å². The molecule has 1 fully saturated rings. The van der Waals surface area contributed by atoms with E-state index in [-0.39, 0.29) is 52.1 Å². The van der Waals surface area contributed by atoms with E-state index in [0.717, 1.165) is 0 Å². The number of hydrogen-bond donors (Lipinski definition) is 1. The van der Waals surface area contributed by atoms with Gasteiger partial charge in [0.2, 0.25) is 0 Å². The standard InChI is InChI=1S/C24H19F9N2O3S/c1-12-4-13(2-3-18(12)20(36)35-17-9-39(37,38)10-17)19-8-21(11-34-19,24(31,32)33)14-5-15(22(25,26)27)7-16(6-14)23(28,29)30/h2-7,17H,8-11H2,1H3,(H,35,36). The third-order valence-corrected chi connectivity index (χ3v) is 8.56. The lowest BCUT2D eigenvalue weighted by atomic mass is 9.75. The Bertz CT molecular complexity index is 1420. The minimum Gasteiger partial charge on any atom is -0.347 e. The van der Waals surface area contributed by atoms with Crippen molar-refractivity contribution in [3.63, 3.8) is 0 Å². The molecule has 0 spiro atoms. The summed E-state index contributed by atoms with van der Waals surface area (Å²) in [6, 6.07) is 3.18. The Kier molecular flexibility index (Phi) is 6.84. The Morgan fingerprint density at radius 3 is 1.95 bits per heavy atom. The Balaban J connectivity index is 1.66. The molecule has 1 atom stereocenters. The van der Waals surface area contributed by atoms with E-state index < -0.39 is 75.4 Å². The first-order valence-electron chi connectivity index (χ1n) is 11.2. The molecule has 0 bridgehead atoms. The van der Waals surface area contributed by atoms with Crippen molar-refractivity contribution in [2.75, 3.05) is 18.1 Å². The maximum Gasteiger partial charge on any atom is 0.416 e. The van der Waals surface area contributed by atoms with Crippen molar-refractivity contribution in [2.45, 2.75) is 43.3 Å². The number of sulfone groups is 1. The molecular formula is C24H19F9N2O3S. The lowest BCUT2D eigenvalue weighted by Gasteiger charge is -2.32. The first-order chi connectivity index (χ1) is 17.7. The minimum atomic E-state index is -5.33. The fraction of sp³-hybridized carbons (Fsp3) is 0.417. The van der Waals surface area contributed by atoms with Gasteiger partial charge in [0.1, 0.15) is 5.41 Å². The third kappa shape index (κ3) is 5.63. The van der Waals surface area contributed by atoms with Crippen molar-refractivity contribution in [1.29, 1.82) is 0 Å². The average Bonchev–Trinajstić information content (AvgIpc) is 3.23. The molecule has 0 aromatic heterocycles. The van der Waals surface area contributed by atoms with Gasteiger partial charge in [0, 0.05) is 17.7 Å². The number of nitrogens with one attached hydrogen (secondary N) is 1. The second kappa shape index (κ2) is 9.24. The molecule has 212 valence electrons. The van der Waals surface area contributed by atoms with Gasteiger partial charge in [0.05, 0.1) is 35.2 Å². The number of halogens is 9. The maximum absolute atomic E-state index is 14.4. The highest BCUT2D eigenvalue weighted by Crippen LogP contribution is 2.50. The first-order valence-corrected chi connectivity index (χ1v) is 13.1. The van der Waals surface area contributed by atoms with Crippen LogP contribution >= 0.6 is 0 Å². The lowest BCUT2D eigenvalue weighted by Crippen LogP contribution is -2.53. The van der Waals surface area contributed by atoms with Crippen LogP contribution in [0.5, 0.6) is 0 Å². The van der Waals surface area contributed by atoms with Crippen molar-refractivity contribution in [1.82, 2.24) is 5.32 Å². The zero-order chi connectivity index (χ0) is 29.2. The Labute approximate surface area is 216 Å². The average molecular weight is 586 g/mol. The van der Waals surface area contributed by atoms with Crippen LogP contribution in [0.15, 0.2) is 41.4 Å². The summed E-state index contributed by atoms with van der Waals surface area (Å²) in [7, 11) is -3.20. The predicted molar refractivity (Wildman–Crippen MR) is 121 cm³/mol. The van der Waals surface area contributed by atoms with Gasteiger partial charge in [-0.2, -0.15) is 39.5 Å². The van der Waals surface area contributed by atoms with Crippen LogP contribution in [0.1, 0.15) is 44.6 Å². The second-order valence-corrected chi connectivity index (χ2v) is 11.7. The van der Waals surface area contributed by atoms with Crippen molar-refractivity contribution >= 4 is 21.5 Å². The largest absolute Gasteiger partial charge is 0.416 e. The molecule has 0 radical (unpaired) electrons. The zero-order valence-corrected chi connectivity index (χ0v) is 20.7. The summed E-state index contributed by atoms with van der Waals surface area (Å²) in [6.45, 7) is 0.326. The quantitative estimate of drug-likeness (QED) is 0.498. The van der Waals surface area contributed by atoms with Gasteiger partial charge in [0.25, 0.3) is 5.91 Å². The molecular weight excluding hydrogens is 567 g/mol. The topological polar surface area (TPSA) is 75.6 Å². The molecule has 2 aromatic carbocycles. The molecule has 0 saturated carbocycles. The number of benzene rings is 2. The fourth-order valence-corrected chi connectivity index (χ4v) is 5.90. The molecule has 5 nitrogen and oxygen atoms in total. The third-order valence-electron chi connectivity index (χ3n) is 6.74. The van der Waals surface area contributed by atoms with Gasteiger partial charge in [-0.3, -0.25) is 9.79 Å². The van der Waals surface area contributed by atoms with Crippen LogP contribution < -0.4 is 5.32 Å². The normalized spacial score (nSPS) is 21.8. The summed E-state index contributed by atoms with van der Waals surface area (Å²) >= 11 is 0. The number of carbonyl (C=O) groups excluding carboxylic acids is 1. The predicted octanol–water partition coefficient (Wildman–Crippen LogP) is 5.25. The minimum absolute atomic E-state index is 0.0700. The van der Waals surface area contributed by atoms with Crippen LogP contribution in [-0.2, 0) is 27.6 Å². The van der Waals surface area contributed by atoms with Gasteiger partial charge in [-0.15, -0.1) is 0 Å². The second-order valence-electron chi connectivity index (χ2n) is 9.59. The zero-order valence-electron chi connectivity index (χ0n) is 19.9. The Morgan fingerprint density at radius 2 is 1.49 bits per heavy atom. The summed E-state index contributed by atoms with van der Waals surface area (Å²) < 4.78 is 146. The summed E-state index contributed by atoms with van der Waals surface area (Å²) in [6.07, 6.45) is -17.0. The summed E-state index contributed by atoms with van der Waals surface area (Å²) in [4.78, 5) is 16.3. The lowest BCUT2D eigenvalue weighted by molar-refractivity contribution is -0.184. The Hall–Kier alpha value is -3.10. The molecule has 2 heterocycles. The number of carbonyl (C=O) groups is 1. The van der Waals surface area contributed by atoms with Crippen molar-refractivity contribution in [3.05, 3.63) is 69.8 Å². The number of aryl methyl sites for hydroxylation is 1. The number of nitrogens with zero attached hydrogens (tertiary/aromatic N) is 1. The summed E-state index contributed by atoms with van der Waals surface area (Å²) in [5.74, 6) is -1.06. The highest BCUT2D eigenvalue weighted by atomic mass is 32.2. The first kappa shape index (κ1) is 28.9. The van der Waals surface area contributed by atoms with Crippen LogP contribution in [0.2, 0.25) is 0 Å². The van der Waals surface area contributed by atoms with Gasteiger partial charge < -0.3 is 5.32 Å². The van der Waals surface area contributed by atoms with Gasteiger partial charge in [0.15, 0.2) is 9.84 Å². The van der Waals surface area contributed by atoms with E-state index in [0.29, 0.717) is 0 Å². The van der Waals surface area contributed by atoms with Crippen LogP contribution in [0, 0.1) is 6.92 Å². The van der Waals surface area contributed by atoms with E-state index in [1.165, 1.54) is 25.1 Å². The summed E-state index contributed by atoms with van der Waals surface area (Å²) in [5, 5.41) is 2.53. The van der Waals surface area contributed by atoms with Crippen LogP contribution in [0.25, 0.3) is 0 Å². The highest BCUT2D eigenvalue weighted by Gasteiger charge is 2.59. The number of amides is 1. The molecule has 39 heavy (non-hydrogen) atoms. The van der Waals surface area contributed by atoms with Gasteiger partial charge in [-0.25, -0.2) is 8.42 Å². The highest BCUT2D eigenvalue weighted by molar-refractivity contribution is 7.92. The molecule has 4 rings (SSSR count). The molecule has 1 N–H and O–H groups in total. The van der Waals surface area contributed by atoms with Crippen molar-refractivity contribution in [3.8, 4) is 0 Å². The van der Waals surface area contributed by atoms with E-state index in [1.54, 1.807) is 0 Å². The summed E-state index contributed by atoms with van der Waals surface area (Å²) in [5.41, 5.74) is -7.80. The maximum atomic E-state index is 14.4. The van der Waals surface area contributed by atoms with Crippen molar-refractivity contribution < 1.29 is 52.7 Å². The molecule has 2 aliphatic heterocycles. The monoisotopic (exact) mass is 586 g/mol. The van der Waals surface area contributed by atoms with E-state index in [1.807, 2.05) is 0 Å². The van der Waals surface area contributed by atoms with E-state index >= 15 is 0 Å². The smallest absolute Gasteiger partial charge is 0.347 e. The van der Waals surface area contributed by atoms with Crippen LogP contribution in [0.4, 0.5) is 39.5 Å². The molecule has 2 aromatic rings. The van der Waals surface area contributed by atoms with Gasteiger partial charge in [-0.05, 0) is 53.9 Å². The van der Waals surface area contributed by atoms with Gasteiger partial charge in [-0.1, -0.05) is 6.07 Å². The number of hydrogen-bond acceptors (Lipinski definition) is 4. The fourth-order valence-electron chi connectivity index (χ4n) is 4.61. The Morgan fingerprint density at radius 1 is 0.923 bits per heavy atom. The molecule has 0 aliphatic carbocycles. The van der Waals surface area contributed by atoms with Crippen LogP contribution in [0.3, 0.4) is 0 Å². The molecule has 1 unspecified atom stereocenters. The van der Waals surface area contributed by atoms with Crippen molar-refractivity contribution in [2.24, 2.45) is 4.99 Å². The number of rotatable bonds is 4. The van der Waals surface area contributed by atoms with E-state index in [4.69, 9.17) is 0 Å². The molecule has 2 aliphatic rings.